The summed E-state index contributed by atoms with van der Waals surface area (Å²) < 4.78 is 12.9. The SMILES string of the molecule is C=N/C(=N\C)c1cc(F)cc(Cl)c1. The Kier molecular flexibility index (Phi) is 3.14. The normalized spacial score (nSPS) is 11.5. The number of aliphatic imine (C=N–C) groups is 2. The van der Waals surface area contributed by atoms with Gasteiger partial charge in [0.25, 0.3) is 0 Å². The number of hydrogen-bond donors (Lipinski definition) is 0. The van der Waals surface area contributed by atoms with E-state index in [1.54, 1.807) is 13.1 Å². The molecule has 1 aromatic rings. The van der Waals surface area contributed by atoms with Crippen LogP contribution in [-0.4, -0.2) is 19.6 Å². The van der Waals surface area contributed by atoms with E-state index in [0.29, 0.717) is 16.4 Å². The van der Waals surface area contributed by atoms with Crippen LogP contribution in [0.25, 0.3) is 0 Å². The molecule has 0 aromatic heterocycles. The van der Waals surface area contributed by atoms with E-state index in [4.69, 9.17) is 11.6 Å². The summed E-state index contributed by atoms with van der Waals surface area (Å²) >= 11 is 5.65. The maximum atomic E-state index is 12.9. The largest absolute Gasteiger partial charge is 0.270 e. The van der Waals surface area contributed by atoms with E-state index < -0.39 is 5.82 Å². The monoisotopic (exact) mass is 198 g/mol. The van der Waals surface area contributed by atoms with Crippen molar-refractivity contribution in [2.75, 3.05) is 7.05 Å². The summed E-state index contributed by atoms with van der Waals surface area (Å²) in [5.41, 5.74) is 0.530. The molecule has 0 heterocycles. The van der Waals surface area contributed by atoms with Gasteiger partial charge in [-0.15, -0.1) is 0 Å². The first-order chi connectivity index (χ1) is 6.17. The van der Waals surface area contributed by atoms with Crippen molar-refractivity contribution in [3.8, 4) is 0 Å². The molecule has 4 heteroatoms. The first-order valence-electron chi connectivity index (χ1n) is 3.57. The number of amidine groups is 1. The van der Waals surface area contributed by atoms with Gasteiger partial charge in [0.1, 0.15) is 5.82 Å². The molecule has 0 amide bonds. The minimum absolute atomic E-state index is 0.319. The number of nitrogens with zero attached hydrogens (tertiary/aromatic N) is 2. The molecule has 0 aliphatic heterocycles. The van der Waals surface area contributed by atoms with E-state index >= 15 is 0 Å². The Morgan fingerprint density at radius 3 is 2.62 bits per heavy atom. The molecule has 68 valence electrons. The number of benzene rings is 1. The molecule has 1 aromatic carbocycles. The molecule has 0 spiro atoms. The highest BCUT2D eigenvalue weighted by Gasteiger charge is 2.03. The van der Waals surface area contributed by atoms with Crippen molar-refractivity contribution < 1.29 is 4.39 Å². The van der Waals surface area contributed by atoms with Crippen LogP contribution in [0.4, 0.5) is 4.39 Å². The molecule has 0 atom stereocenters. The van der Waals surface area contributed by atoms with E-state index in [2.05, 4.69) is 16.7 Å². The first-order valence-corrected chi connectivity index (χ1v) is 3.95. The molecule has 0 fully saturated rings. The Bertz CT molecular complexity index is 340. The third-order valence-electron chi connectivity index (χ3n) is 1.48. The van der Waals surface area contributed by atoms with Gasteiger partial charge in [-0.25, -0.2) is 9.38 Å². The van der Waals surface area contributed by atoms with Crippen LogP contribution >= 0.6 is 11.6 Å². The second-order valence-corrected chi connectivity index (χ2v) is 2.80. The second-order valence-electron chi connectivity index (χ2n) is 2.36. The number of halogens is 2. The predicted octanol–water partition coefficient (Wildman–Crippen LogP) is 2.56. The van der Waals surface area contributed by atoms with Crippen LogP contribution in [0.15, 0.2) is 28.2 Å². The van der Waals surface area contributed by atoms with E-state index in [0.717, 1.165) is 0 Å². The van der Waals surface area contributed by atoms with Crippen molar-refractivity contribution in [1.82, 2.24) is 0 Å². The van der Waals surface area contributed by atoms with Crippen molar-refractivity contribution in [3.05, 3.63) is 34.6 Å². The molecule has 0 saturated heterocycles. The molecular formula is C9H8ClFN2. The topological polar surface area (TPSA) is 24.7 Å². The van der Waals surface area contributed by atoms with Crippen molar-refractivity contribution in [2.45, 2.75) is 0 Å². The Hall–Kier alpha value is -1.22. The van der Waals surface area contributed by atoms with E-state index in [1.807, 2.05) is 0 Å². The van der Waals surface area contributed by atoms with Gasteiger partial charge in [-0.3, -0.25) is 4.99 Å². The van der Waals surface area contributed by atoms with Crippen molar-refractivity contribution in [1.29, 1.82) is 0 Å². The van der Waals surface area contributed by atoms with Crippen LogP contribution < -0.4 is 0 Å². The van der Waals surface area contributed by atoms with Crippen molar-refractivity contribution in [2.24, 2.45) is 9.98 Å². The maximum absolute atomic E-state index is 12.9. The van der Waals surface area contributed by atoms with Crippen molar-refractivity contribution >= 4 is 24.2 Å². The van der Waals surface area contributed by atoms with Crippen LogP contribution in [0.3, 0.4) is 0 Å². The fourth-order valence-corrected chi connectivity index (χ4v) is 1.20. The maximum Gasteiger partial charge on any atom is 0.153 e. The summed E-state index contributed by atoms with van der Waals surface area (Å²) in [7, 11) is 1.56. The van der Waals surface area contributed by atoms with Gasteiger partial charge in [0, 0.05) is 17.6 Å². The molecule has 2 nitrogen and oxygen atoms in total. The molecular weight excluding hydrogens is 191 g/mol. The zero-order valence-electron chi connectivity index (χ0n) is 7.09. The summed E-state index contributed by atoms with van der Waals surface area (Å²) in [4.78, 5) is 7.45. The predicted molar refractivity (Wildman–Crippen MR) is 53.4 cm³/mol. The average Bonchev–Trinajstić information content (AvgIpc) is 2.04. The molecule has 0 radical (unpaired) electrons. The number of rotatable bonds is 1. The fraction of sp³-hybridized carbons (Fsp3) is 0.111. The standard InChI is InChI=1S/C9H8ClFN2/c1-12-9(13-2)6-3-7(10)5-8(11)4-6/h3-5H,1H2,2H3/b13-9-. The lowest BCUT2D eigenvalue weighted by Crippen LogP contribution is -1.96. The van der Waals surface area contributed by atoms with Gasteiger partial charge >= 0.3 is 0 Å². The zero-order chi connectivity index (χ0) is 9.84. The van der Waals surface area contributed by atoms with Crippen molar-refractivity contribution in [3.63, 3.8) is 0 Å². The third-order valence-corrected chi connectivity index (χ3v) is 1.70. The Morgan fingerprint density at radius 1 is 1.46 bits per heavy atom. The van der Waals surface area contributed by atoms with Crippen LogP contribution in [0.5, 0.6) is 0 Å². The molecule has 0 aliphatic rings. The fourth-order valence-electron chi connectivity index (χ4n) is 0.974. The van der Waals surface area contributed by atoms with E-state index in [9.17, 15) is 4.39 Å². The zero-order valence-corrected chi connectivity index (χ0v) is 7.85. The van der Waals surface area contributed by atoms with Gasteiger partial charge in [-0.2, -0.15) is 0 Å². The van der Waals surface area contributed by atoms with Gasteiger partial charge < -0.3 is 0 Å². The number of hydrogen-bond acceptors (Lipinski definition) is 1. The van der Waals surface area contributed by atoms with E-state index in [1.165, 1.54) is 12.1 Å². The summed E-state index contributed by atoms with van der Waals surface area (Å²) in [6.45, 7) is 3.32. The summed E-state index contributed by atoms with van der Waals surface area (Å²) in [6, 6.07) is 4.12. The Labute approximate surface area is 80.8 Å². The first kappa shape index (κ1) is 9.86. The molecule has 13 heavy (non-hydrogen) atoms. The average molecular weight is 199 g/mol. The molecule has 1 rings (SSSR count). The van der Waals surface area contributed by atoms with Crippen LogP contribution in [0, 0.1) is 5.82 Å². The molecule has 0 unspecified atom stereocenters. The summed E-state index contributed by atoms with van der Waals surface area (Å²) in [6.07, 6.45) is 0. The van der Waals surface area contributed by atoms with Gasteiger partial charge in [0.05, 0.1) is 0 Å². The van der Waals surface area contributed by atoms with Gasteiger partial charge in [-0.1, -0.05) is 11.6 Å². The Balaban J connectivity index is 3.21. The second kappa shape index (κ2) is 4.14. The van der Waals surface area contributed by atoms with E-state index in [-0.39, 0.29) is 0 Å². The van der Waals surface area contributed by atoms with Crippen LogP contribution in [0.1, 0.15) is 5.56 Å². The highest BCUT2D eigenvalue weighted by atomic mass is 35.5. The molecule has 0 bridgehead atoms. The molecule has 0 aliphatic carbocycles. The lowest BCUT2D eigenvalue weighted by Gasteiger charge is -2.00. The van der Waals surface area contributed by atoms with Crippen LogP contribution in [0.2, 0.25) is 5.02 Å². The summed E-state index contributed by atoms with van der Waals surface area (Å²) in [5, 5.41) is 0.319. The lowest BCUT2D eigenvalue weighted by molar-refractivity contribution is 0.627. The minimum Gasteiger partial charge on any atom is -0.270 e. The lowest BCUT2D eigenvalue weighted by atomic mass is 10.2. The Morgan fingerprint density at radius 2 is 2.15 bits per heavy atom. The molecule has 0 N–H and O–H groups in total. The quantitative estimate of drug-likeness (QED) is 0.490. The highest BCUT2D eigenvalue weighted by molar-refractivity contribution is 6.31. The molecule has 0 saturated carbocycles. The smallest absolute Gasteiger partial charge is 0.153 e. The summed E-state index contributed by atoms with van der Waals surface area (Å²) in [5.74, 6) is -0.0336. The van der Waals surface area contributed by atoms with Crippen LogP contribution in [-0.2, 0) is 0 Å². The van der Waals surface area contributed by atoms with Gasteiger partial charge in [0.15, 0.2) is 5.84 Å². The third kappa shape index (κ3) is 2.36. The van der Waals surface area contributed by atoms with Gasteiger partial charge in [-0.05, 0) is 24.9 Å². The highest BCUT2D eigenvalue weighted by Crippen LogP contribution is 2.15. The van der Waals surface area contributed by atoms with Gasteiger partial charge in [0.2, 0.25) is 0 Å². The minimum atomic E-state index is -0.410.